The number of anilines is 2. The van der Waals surface area contributed by atoms with Crippen LogP contribution in [0.2, 0.25) is 0 Å². The van der Waals surface area contributed by atoms with Crippen molar-refractivity contribution in [2.75, 3.05) is 17.2 Å². The van der Waals surface area contributed by atoms with Crippen LogP contribution in [0.5, 0.6) is 0 Å². The number of aromatic nitrogens is 2. The summed E-state index contributed by atoms with van der Waals surface area (Å²) >= 11 is 0. The summed E-state index contributed by atoms with van der Waals surface area (Å²) in [5, 5.41) is 18.7. The van der Waals surface area contributed by atoms with Gasteiger partial charge in [-0.05, 0) is 68.6 Å². The van der Waals surface area contributed by atoms with Gasteiger partial charge in [0.25, 0.3) is 0 Å². The summed E-state index contributed by atoms with van der Waals surface area (Å²) in [5.74, 6) is 2.84. The van der Waals surface area contributed by atoms with Gasteiger partial charge in [-0.25, -0.2) is 4.98 Å². The Labute approximate surface area is 245 Å². The minimum absolute atomic E-state index is 0.0391. The minimum atomic E-state index is -4.44. The lowest BCUT2D eigenvalue weighted by molar-refractivity contribution is -0.195. The Morgan fingerprint density at radius 2 is 1.98 bits per heavy atom. The van der Waals surface area contributed by atoms with E-state index in [2.05, 4.69) is 43.6 Å². The van der Waals surface area contributed by atoms with Gasteiger partial charge in [0.05, 0.1) is 34.1 Å². The first kappa shape index (κ1) is 27.3. The molecule has 1 atom stereocenters. The molecule has 43 heavy (non-hydrogen) atoms. The third-order valence-electron chi connectivity index (χ3n) is 9.38. The van der Waals surface area contributed by atoms with Crippen molar-refractivity contribution in [2.24, 2.45) is 11.3 Å². The molecule has 220 valence electrons. The van der Waals surface area contributed by atoms with Crippen molar-refractivity contribution in [3.8, 4) is 18.4 Å². The molecule has 0 unspecified atom stereocenters. The van der Waals surface area contributed by atoms with Crippen LogP contribution in [0.1, 0.15) is 60.5 Å². The van der Waals surface area contributed by atoms with E-state index < -0.39 is 23.7 Å². The standard InChI is InChI=1S/C31H28F4N8/c1-3-19-14-37-27-20(13-36)8-21(9-23(27)26(19)38-16-29-10-18(11-29)12-29)40-28(22-4-5-25(32)39-17(22)2)24-15-43(42-41-24)30(6-7-30)31(33,34)35/h1,4-5,8-9,14-15,18,28,40-42H,6-7,10-12,16H2,2H3,(H,37,38)/t18?,28-,29?/m0/s1. The zero-order valence-electron chi connectivity index (χ0n) is 23.2. The van der Waals surface area contributed by atoms with E-state index in [0.717, 1.165) is 17.5 Å². The molecule has 4 N–H and O–H groups in total. The van der Waals surface area contributed by atoms with Gasteiger partial charge in [0.1, 0.15) is 6.07 Å². The van der Waals surface area contributed by atoms with Crippen molar-refractivity contribution in [1.82, 2.24) is 25.9 Å². The van der Waals surface area contributed by atoms with Gasteiger partial charge in [-0.3, -0.25) is 9.99 Å². The number of nitrogens with zero attached hydrogens (tertiary/aromatic N) is 4. The number of pyridine rings is 2. The molecular weight excluding hydrogens is 560 g/mol. The first-order valence-electron chi connectivity index (χ1n) is 14.1. The van der Waals surface area contributed by atoms with Crippen molar-refractivity contribution in [3.63, 3.8) is 0 Å². The number of halogens is 4. The van der Waals surface area contributed by atoms with Gasteiger partial charge in [0.15, 0.2) is 5.54 Å². The summed E-state index contributed by atoms with van der Waals surface area (Å²) in [6, 6.07) is 7.63. The van der Waals surface area contributed by atoms with Crippen LogP contribution in [0.4, 0.5) is 28.9 Å². The highest BCUT2D eigenvalue weighted by Gasteiger charge is 2.67. The molecular formula is C31H28F4N8. The largest absolute Gasteiger partial charge is 0.413 e. The molecule has 0 amide bonds. The number of hydrazine groups is 2. The molecule has 3 aromatic rings. The van der Waals surface area contributed by atoms with Gasteiger partial charge in [0, 0.05) is 41.3 Å². The van der Waals surface area contributed by atoms with Crippen LogP contribution in [0, 0.1) is 47.9 Å². The van der Waals surface area contributed by atoms with Crippen LogP contribution >= 0.6 is 0 Å². The van der Waals surface area contributed by atoms with Crippen LogP contribution in [0.15, 0.2) is 42.4 Å². The molecule has 4 fully saturated rings. The van der Waals surface area contributed by atoms with Crippen molar-refractivity contribution in [3.05, 3.63) is 70.7 Å². The Morgan fingerprint density at radius 3 is 2.58 bits per heavy atom. The second-order valence-corrected chi connectivity index (χ2v) is 12.2. The lowest BCUT2D eigenvalue weighted by atomic mass is 9.44. The van der Waals surface area contributed by atoms with Crippen LogP contribution in [-0.4, -0.2) is 33.2 Å². The van der Waals surface area contributed by atoms with Crippen LogP contribution in [0.25, 0.3) is 10.9 Å². The zero-order valence-corrected chi connectivity index (χ0v) is 23.2. The number of fused-ring (bicyclic) bond motifs is 1. The molecule has 1 aromatic carbocycles. The Kier molecular flexibility index (Phi) is 6.02. The van der Waals surface area contributed by atoms with Gasteiger partial charge in [-0.2, -0.15) is 22.8 Å². The molecule has 8 rings (SSSR count). The first-order chi connectivity index (χ1) is 20.5. The number of alkyl halides is 3. The monoisotopic (exact) mass is 588 g/mol. The normalized spacial score (nSPS) is 23.7. The number of hydrogen-bond acceptors (Lipinski definition) is 8. The van der Waals surface area contributed by atoms with Crippen LogP contribution in [-0.2, 0) is 0 Å². The number of aryl methyl sites for hydroxylation is 1. The van der Waals surface area contributed by atoms with Gasteiger partial charge < -0.3 is 16.1 Å². The van der Waals surface area contributed by atoms with E-state index in [1.54, 1.807) is 19.2 Å². The van der Waals surface area contributed by atoms with E-state index in [9.17, 15) is 22.8 Å². The maximum absolute atomic E-state index is 14.0. The first-order valence-corrected chi connectivity index (χ1v) is 14.1. The molecule has 2 bridgehead atoms. The Hall–Kier alpha value is -4.55. The van der Waals surface area contributed by atoms with E-state index in [0.29, 0.717) is 50.4 Å². The van der Waals surface area contributed by atoms with Crippen LogP contribution in [0.3, 0.4) is 0 Å². The minimum Gasteiger partial charge on any atom is -0.383 e. The SMILES string of the molecule is C#Cc1cnc2c(C#N)cc(N[C@H](C3=CN(C4(C(F)(F)F)CC4)NN3)c3ccc(F)nc3C)cc2c1NCC12CC(C1)C2. The Bertz CT molecular complexity index is 1750. The Morgan fingerprint density at radius 1 is 1.21 bits per heavy atom. The summed E-state index contributed by atoms with van der Waals surface area (Å²) < 4.78 is 55.6. The summed E-state index contributed by atoms with van der Waals surface area (Å²) in [5.41, 5.74) is 7.62. The zero-order chi connectivity index (χ0) is 30.1. The smallest absolute Gasteiger partial charge is 0.383 e. The molecule has 1 aliphatic heterocycles. The van der Waals surface area contributed by atoms with Gasteiger partial charge in [0.2, 0.25) is 5.95 Å². The fraction of sp³-hybridized carbons (Fsp3) is 0.387. The number of benzene rings is 1. The van der Waals surface area contributed by atoms with Crippen molar-refractivity contribution in [2.45, 2.75) is 56.8 Å². The third-order valence-corrected chi connectivity index (χ3v) is 9.38. The summed E-state index contributed by atoms with van der Waals surface area (Å²) in [6.07, 6.45) is 7.87. The molecule has 4 aliphatic carbocycles. The molecule has 8 nitrogen and oxygen atoms in total. The fourth-order valence-corrected chi connectivity index (χ4v) is 6.74. The number of hydrogen-bond donors (Lipinski definition) is 4. The second kappa shape index (κ2) is 9.48. The lowest BCUT2D eigenvalue weighted by Gasteiger charge is -2.62. The van der Waals surface area contributed by atoms with Gasteiger partial charge in [-0.1, -0.05) is 12.0 Å². The number of nitrogens with one attached hydrogen (secondary N) is 4. The predicted octanol–water partition coefficient (Wildman–Crippen LogP) is 5.56. The van der Waals surface area contributed by atoms with Crippen molar-refractivity contribution in [1.29, 1.82) is 5.26 Å². The molecule has 0 radical (unpaired) electrons. The van der Waals surface area contributed by atoms with E-state index >= 15 is 0 Å². The summed E-state index contributed by atoms with van der Waals surface area (Å²) in [4.78, 5) is 8.43. The molecule has 5 aliphatic rings. The number of rotatable bonds is 8. The maximum Gasteiger partial charge on any atom is 0.413 e. The van der Waals surface area contributed by atoms with Gasteiger partial charge >= 0.3 is 6.18 Å². The van der Waals surface area contributed by atoms with Crippen molar-refractivity contribution < 1.29 is 17.6 Å². The second-order valence-electron chi connectivity index (χ2n) is 12.2. The fourth-order valence-electron chi connectivity index (χ4n) is 6.74. The molecule has 2 aromatic heterocycles. The summed E-state index contributed by atoms with van der Waals surface area (Å²) in [6.45, 7) is 2.39. The lowest BCUT2D eigenvalue weighted by Crippen LogP contribution is -2.55. The highest BCUT2D eigenvalue weighted by atomic mass is 19.4. The highest BCUT2D eigenvalue weighted by molar-refractivity contribution is 5.99. The number of nitriles is 1. The Balaban J connectivity index is 1.29. The molecule has 3 heterocycles. The molecule has 4 saturated carbocycles. The van der Waals surface area contributed by atoms with E-state index in [4.69, 9.17) is 6.42 Å². The summed E-state index contributed by atoms with van der Waals surface area (Å²) in [7, 11) is 0. The van der Waals surface area contributed by atoms with E-state index in [1.807, 2.05) is 6.07 Å². The average Bonchev–Trinajstić information content (AvgIpc) is 3.61. The topological polar surface area (TPSA) is 101 Å². The highest BCUT2D eigenvalue weighted by Crippen LogP contribution is 2.64. The molecule has 12 heteroatoms. The van der Waals surface area contributed by atoms with Gasteiger partial charge in [-0.15, -0.1) is 12.0 Å². The number of terminal acetylenes is 1. The van der Waals surface area contributed by atoms with E-state index in [1.165, 1.54) is 37.6 Å². The van der Waals surface area contributed by atoms with Crippen molar-refractivity contribution >= 4 is 22.3 Å². The predicted molar refractivity (Wildman–Crippen MR) is 152 cm³/mol. The quantitative estimate of drug-likeness (QED) is 0.154. The maximum atomic E-state index is 14.0. The molecule has 0 saturated heterocycles. The average molecular weight is 589 g/mol. The van der Waals surface area contributed by atoms with Crippen LogP contribution < -0.4 is 21.6 Å². The molecule has 0 spiro atoms. The third kappa shape index (κ3) is 4.40. The van der Waals surface area contributed by atoms with E-state index in [-0.39, 0.29) is 18.3 Å².